The summed E-state index contributed by atoms with van der Waals surface area (Å²) in [5.41, 5.74) is 0.430. The highest BCUT2D eigenvalue weighted by atomic mass is 79.9. The van der Waals surface area contributed by atoms with Crippen LogP contribution in [0.3, 0.4) is 0 Å². The van der Waals surface area contributed by atoms with Crippen LogP contribution in [0.5, 0.6) is 5.75 Å². The molecule has 0 bridgehead atoms. The molecule has 0 amide bonds. The Hall–Kier alpha value is -0.780. The Kier molecular flexibility index (Phi) is 7.98. The van der Waals surface area contributed by atoms with Crippen LogP contribution in [0.2, 0.25) is 0 Å². The fourth-order valence-corrected chi connectivity index (χ4v) is 1.64. The van der Waals surface area contributed by atoms with Gasteiger partial charge in [-0.05, 0) is 54.6 Å². The van der Waals surface area contributed by atoms with Gasteiger partial charge in [-0.1, -0.05) is 0 Å². The SMILES string of the molecule is CN(C)CCCOC(=O)c1ccc(O)c(Br)c1.Cl. The van der Waals surface area contributed by atoms with Crippen LogP contribution in [0.4, 0.5) is 0 Å². The van der Waals surface area contributed by atoms with Gasteiger partial charge < -0.3 is 14.7 Å². The normalized spacial score (nSPS) is 10.0. The predicted molar refractivity (Wildman–Crippen MR) is 76.5 cm³/mol. The van der Waals surface area contributed by atoms with Gasteiger partial charge in [0, 0.05) is 6.54 Å². The largest absolute Gasteiger partial charge is 0.507 e. The molecule has 0 aliphatic rings. The number of phenolic OH excluding ortho intramolecular Hbond substituents is 1. The first kappa shape index (κ1) is 17.2. The Balaban J connectivity index is 0.00000289. The fourth-order valence-electron chi connectivity index (χ4n) is 1.26. The molecule has 1 rings (SSSR count). The fraction of sp³-hybridized carbons (Fsp3) is 0.417. The van der Waals surface area contributed by atoms with E-state index < -0.39 is 0 Å². The lowest BCUT2D eigenvalue weighted by atomic mass is 10.2. The monoisotopic (exact) mass is 337 g/mol. The van der Waals surface area contributed by atoms with Gasteiger partial charge in [0.1, 0.15) is 5.75 Å². The Morgan fingerprint density at radius 2 is 2.11 bits per heavy atom. The molecule has 0 unspecified atom stereocenters. The molecule has 0 aliphatic heterocycles. The van der Waals surface area contributed by atoms with E-state index in [1.54, 1.807) is 6.07 Å². The van der Waals surface area contributed by atoms with Crippen molar-refractivity contribution in [3.63, 3.8) is 0 Å². The number of esters is 1. The van der Waals surface area contributed by atoms with Gasteiger partial charge in [0.15, 0.2) is 0 Å². The van der Waals surface area contributed by atoms with E-state index in [1.165, 1.54) is 12.1 Å². The minimum absolute atomic E-state index is 0. The topological polar surface area (TPSA) is 49.8 Å². The summed E-state index contributed by atoms with van der Waals surface area (Å²) in [6.07, 6.45) is 0.804. The van der Waals surface area contributed by atoms with Crippen LogP contribution in [0.25, 0.3) is 0 Å². The number of hydrogen-bond donors (Lipinski definition) is 1. The first-order chi connectivity index (χ1) is 8.00. The van der Waals surface area contributed by atoms with Gasteiger partial charge in [0.2, 0.25) is 0 Å². The van der Waals surface area contributed by atoms with E-state index in [4.69, 9.17) is 4.74 Å². The molecule has 18 heavy (non-hydrogen) atoms. The van der Waals surface area contributed by atoms with Crippen molar-refractivity contribution in [1.29, 1.82) is 0 Å². The number of ether oxygens (including phenoxy) is 1. The number of carbonyl (C=O) groups excluding carboxylic acids is 1. The molecule has 1 aromatic carbocycles. The van der Waals surface area contributed by atoms with E-state index in [9.17, 15) is 9.90 Å². The third kappa shape index (κ3) is 5.71. The van der Waals surface area contributed by atoms with Crippen molar-refractivity contribution in [2.24, 2.45) is 0 Å². The molecule has 0 saturated heterocycles. The van der Waals surface area contributed by atoms with Crippen molar-refractivity contribution >= 4 is 34.3 Å². The van der Waals surface area contributed by atoms with Gasteiger partial charge in [0.25, 0.3) is 0 Å². The van der Waals surface area contributed by atoms with Gasteiger partial charge >= 0.3 is 5.97 Å². The van der Waals surface area contributed by atoms with E-state index in [2.05, 4.69) is 15.9 Å². The third-order valence-electron chi connectivity index (χ3n) is 2.17. The molecule has 0 fully saturated rings. The average Bonchev–Trinajstić information content (AvgIpc) is 2.27. The zero-order valence-electron chi connectivity index (χ0n) is 10.4. The zero-order chi connectivity index (χ0) is 12.8. The molecule has 1 N–H and O–H groups in total. The Morgan fingerprint density at radius 3 is 2.67 bits per heavy atom. The maximum Gasteiger partial charge on any atom is 0.338 e. The lowest BCUT2D eigenvalue weighted by molar-refractivity contribution is 0.0493. The number of benzene rings is 1. The number of halogens is 2. The maximum absolute atomic E-state index is 11.6. The summed E-state index contributed by atoms with van der Waals surface area (Å²) >= 11 is 3.15. The lowest BCUT2D eigenvalue weighted by Crippen LogP contribution is -2.16. The highest BCUT2D eigenvalue weighted by molar-refractivity contribution is 9.10. The van der Waals surface area contributed by atoms with Crippen molar-refractivity contribution < 1.29 is 14.6 Å². The molecule has 0 atom stereocenters. The predicted octanol–water partition coefficient (Wildman–Crippen LogP) is 2.69. The minimum atomic E-state index is -0.371. The summed E-state index contributed by atoms with van der Waals surface area (Å²) in [7, 11) is 3.94. The smallest absolute Gasteiger partial charge is 0.338 e. The van der Waals surface area contributed by atoms with Crippen molar-refractivity contribution in [1.82, 2.24) is 4.90 Å². The van der Waals surface area contributed by atoms with Gasteiger partial charge in [-0.15, -0.1) is 12.4 Å². The Morgan fingerprint density at radius 1 is 1.44 bits per heavy atom. The molecule has 4 nitrogen and oxygen atoms in total. The van der Waals surface area contributed by atoms with E-state index in [0.717, 1.165) is 13.0 Å². The summed E-state index contributed by atoms with van der Waals surface area (Å²) in [6.45, 7) is 1.28. The highest BCUT2D eigenvalue weighted by Gasteiger charge is 2.09. The molecule has 0 spiro atoms. The Bertz CT molecular complexity index is 399. The number of nitrogens with zero attached hydrogens (tertiary/aromatic N) is 1. The first-order valence-corrected chi connectivity index (χ1v) is 6.10. The number of hydrogen-bond acceptors (Lipinski definition) is 4. The molecule has 0 heterocycles. The third-order valence-corrected chi connectivity index (χ3v) is 2.80. The molecule has 0 aromatic heterocycles. The van der Waals surface area contributed by atoms with Gasteiger partial charge in [-0.25, -0.2) is 4.79 Å². The molecular weight excluding hydrogens is 321 g/mol. The summed E-state index contributed by atoms with van der Waals surface area (Å²) in [6, 6.07) is 4.54. The summed E-state index contributed by atoms with van der Waals surface area (Å²) in [5.74, 6) is -0.265. The standard InChI is InChI=1S/C12H16BrNO3.ClH/c1-14(2)6-3-7-17-12(16)9-4-5-11(15)10(13)8-9;/h4-5,8,15H,3,6-7H2,1-2H3;1H. The maximum atomic E-state index is 11.6. The van der Waals surface area contributed by atoms with Gasteiger partial charge in [-0.2, -0.15) is 0 Å². The number of rotatable bonds is 5. The molecule has 0 radical (unpaired) electrons. The zero-order valence-corrected chi connectivity index (χ0v) is 12.8. The second-order valence-corrected chi connectivity index (χ2v) is 4.81. The van der Waals surface area contributed by atoms with Crippen LogP contribution >= 0.6 is 28.3 Å². The average molecular weight is 339 g/mol. The van der Waals surface area contributed by atoms with Crippen LogP contribution < -0.4 is 0 Å². The van der Waals surface area contributed by atoms with Crippen LogP contribution in [-0.2, 0) is 4.74 Å². The molecule has 6 heteroatoms. The molecule has 1 aromatic rings. The molecule has 102 valence electrons. The van der Waals surface area contributed by atoms with Crippen LogP contribution in [-0.4, -0.2) is 43.2 Å². The summed E-state index contributed by atoms with van der Waals surface area (Å²) < 4.78 is 5.59. The van der Waals surface area contributed by atoms with Crippen molar-refractivity contribution in [3.05, 3.63) is 28.2 Å². The van der Waals surface area contributed by atoms with Gasteiger partial charge in [-0.3, -0.25) is 0 Å². The second kappa shape index (κ2) is 8.34. The molecule has 0 saturated carbocycles. The summed E-state index contributed by atoms with van der Waals surface area (Å²) in [5, 5.41) is 9.30. The van der Waals surface area contributed by atoms with Crippen molar-refractivity contribution in [3.8, 4) is 5.75 Å². The number of aromatic hydroxyl groups is 1. The van der Waals surface area contributed by atoms with E-state index >= 15 is 0 Å². The van der Waals surface area contributed by atoms with E-state index in [-0.39, 0.29) is 24.1 Å². The second-order valence-electron chi connectivity index (χ2n) is 3.96. The number of phenols is 1. The van der Waals surface area contributed by atoms with Crippen LogP contribution in [0.15, 0.2) is 22.7 Å². The quantitative estimate of drug-likeness (QED) is 0.662. The molecule has 0 aliphatic carbocycles. The molecular formula is C12H17BrClNO3. The van der Waals surface area contributed by atoms with Crippen LogP contribution in [0, 0.1) is 0 Å². The first-order valence-electron chi connectivity index (χ1n) is 5.31. The highest BCUT2D eigenvalue weighted by Crippen LogP contribution is 2.24. The minimum Gasteiger partial charge on any atom is -0.507 e. The lowest BCUT2D eigenvalue weighted by Gasteiger charge is -2.09. The van der Waals surface area contributed by atoms with Crippen molar-refractivity contribution in [2.45, 2.75) is 6.42 Å². The number of carbonyl (C=O) groups is 1. The van der Waals surface area contributed by atoms with E-state index in [0.29, 0.717) is 16.6 Å². The Labute approximate surface area is 121 Å². The van der Waals surface area contributed by atoms with Gasteiger partial charge in [0.05, 0.1) is 16.6 Å². The van der Waals surface area contributed by atoms with E-state index in [1.807, 2.05) is 19.0 Å². The van der Waals surface area contributed by atoms with Crippen LogP contribution in [0.1, 0.15) is 16.8 Å². The summed E-state index contributed by atoms with van der Waals surface area (Å²) in [4.78, 5) is 13.6. The van der Waals surface area contributed by atoms with Crippen molar-refractivity contribution in [2.75, 3.05) is 27.2 Å².